The molecule has 1 heterocycles. The molecule has 0 saturated carbocycles. The number of rotatable bonds is 5. The molecule has 0 aromatic carbocycles. The van der Waals surface area contributed by atoms with E-state index in [0.717, 1.165) is 0 Å². The highest BCUT2D eigenvalue weighted by atomic mass is 16.5. The maximum Gasteiger partial charge on any atom is 0.360 e. The Morgan fingerprint density at radius 2 is 2.43 bits per heavy atom. The van der Waals surface area contributed by atoms with Crippen LogP contribution in [0.5, 0.6) is 0 Å². The number of nitrogens with zero attached hydrogens (tertiary/aromatic N) is 1. The number of aromatic nitrogens is 1. The van der Waals surface area contributed by atoms with E-state index in [0.29, 0.717) is 25.4 Å². The van der Waals surface area contributed by atoms with Crippen LogP contribution in [-0.2, 0) is 15.9 Å². The Bertz CT molecular complexity index is 295. The lowest BCUT2D eigenvalue weighted by Crippen LogP contribution is -2.08. The van der Waals surface area contributed by atoms with Gasteiger partial charge in [0.25, 0.3) is 0 Å². The topological polar surface area (TPSA) is 61.6 Å². The number of hydrogen-bond donors (Lipinski definition) is 0. The van der Waals surface area contributed by atoms with Crippen molar-refractivity contribution >= 4 is 5.97 Å². The predicted octanol–water partition coefficient (Wildman–Crippen LogP) is 1.04. The van der Waals surface area contributed by atoms with Gasteiger partial charge in [-0.15, -0.1) is 0 Å². The second-order valence-corrected chi connectivity index (χ2v) is 2.59. The number of carbonyl (C=O) groups excluding carboxylic acids is 1. The average molecular weight is 199 g/mol. The van der Waals surface area contributed by atoms with Crippen molar-refractivity contribution in [2.75, 3.05) is 20.3 Å². The third-order valence-corrected chi connectivity index (χ3v) is 1.64. The van der Waals surface area contributed by atoms with E-state index in [-0.39, 0.29) is 5.69 Å². The minimum absolute atomic E-state index is 0.240. The van der Waals surface area contributed by atoms with Crippen molar-refractivity contribution in [3.05, 3.63) is 17.8 Å². The summed E-state index contributed by atoms with van der Waals surface area (Å²) in [7, 11) is 1.58. The summed E-state index contributed by atoms with van der Waals surface area (Å²) < 4.78 is 14.7. The van der Waals surface area contributed by atoms with Crippen molar-refractivity contribution < 1.29 is 18.7 Å². The van der Waals surface area contributed by atoms with Gasteiger partial charge < -0.3 is 13.9 Å². The molecule has 0 unspecified atom stereocenters. The van der Waals surface area contributed by atoms with Crippen LogP contribution in [0.2, 0.25) is 0 Å². The first kappa shape index (κ1) is 10.7. The van der Waals surface area contributed by atoms with Crippen molar-refractivity contribution in [1.29, 1.82) is 0 Å². The Hall–Kier alpha value is -1.36. The number of esters is 1. The van der Waals surface area contributed by atoms with E-state index in [2.05, 4.69) is 4.98 Å². The van der Waals surface area contributed by atoms with E-state index < -0.39 is 5.97 Å². The van der Waals surface area contributed by atoms with Crippen LogP contribution < -0.4 is 0 Å². The van der Waals surface area contributed by atoms with E-state index in [4.69, 9.17) is 13.9 Å². The monoisotopic (exact) mass is 199 g/mol. The smallest absolute Gasteiger partial charge is 0.360 e. The zero-order valence-electron chi connectivity index (χ0n) is 8.28. The molecule has 0 aliphatic heterocycles. The van der Waals surface area contributed by atoms with Crippen molar-refractivity contribution in [2.24, 2.45) is 0 Å². The van der Waals surface area contributed by atoms with Crippen LogP contribution in [0.25, 0.3) is 0 Å². The van der Waals surface area contributed by atoms with E-state index in [1.165, 1.54) is 6.39 Å². The van der Waals surface area contributed by atoms with E-state index >= 15 is 0 Å². The molecule has 0 fully saturated rings. The number of carbonyl (C=O) groups is 1. The first-order chi connectivity index (χ1) is 6.79. The summed E-state index contributed by atoms with van der Waals surface area (Å²) in [5.74, 6) is 0.0534. The van der Waals surface area contributed by atoms with Crippen LogP contribution in [0.15, 0.2) is 10.8 Å². The van der Waals surface area contributed by atoms with Crippen molar-refractivity contribution in [1.82, 2.24) is 4.98 Å². The predicted molar refractivity (Wildman–Crippen MR) is 48.0 cm³/mol. The lowest BCUT2D eigenvalue weighted by atomic mass is 10.3. The van der Waals surface area contributed by atoms with Crippen LogP contribution in [0.3, 0.4) is 0 Å². The second kappa shape index (κ2) is 5.39. The van der Waals surface area contributed by atoms with Gasteiger partial charge in [0.05, 0.1) is 13.2 Å². The Labute approximate surface area is 82.0 Å². The van der Waals surface area contributed by atoms with Crippen LogP contribution in [0, 0.1) is 0 Å². The molecule has 1 aromatic rings. The normalized spacial score (nSPS) is 10.1. The van der Waals surface area contributed by atoms with Gasteiger partial charge in [0.15, 0.2) is 12.1 Å². The summed E-state index contributed by atoms with van der Waals surface area (Å²) in [5.41, 5.74) is 0.240. The molecule has 0 saturated heterocycles. The van der Waals surface area contributed by atoms with Crippen molar-refractivity contribution in [3.8, 4) is 0 Å². The van der Waals surface area contributed by atoms with Gasteiger partial charge in [0, 0.05) is 13.5 Å². The molecule has 0 spiro atoms. The SMILES string of the molecule is CCOC(=O)c1ncoc1CCOC. The molecule has 5 nitrogen and oxygen atoms in total. The van der Waals surface area contributed by atoms with E-state index in [1.54, 1.807) is 14.0 Å². The Morgan fingerprint density at radius 3 is 3.07 bits per heavy atom. The van der Waals surface area contributed by atoms with Gasteiger partial charge in [-0.2, -0.15) is 0 Å². The summed E-state index contributed by atoms with van der Waals surface area (Å²) >= 11 is 0. The largest absolute Gasteiger partial charge is 0.461 e. The maximum atomic E-state index is 11.3. The molecule has 0 N–H and O–H groups in total. The maximum absolute atomic E-state index is 11.3. The fourth-order valence-electron chi connectivity index (χ4n) is 1.01. The van der Waals surface area contributed by atoms with Gasteiger partial charge in [-0.05, 0) is 6.92 Å². The first-order valence-corrected chi connectivity index (χ1v) is 4.38. The fourth-order valence-corrected chi connectivity index (χ4v) is 1.01. The average Bonchev–Trinajstić information content (AvgIpc) is 2.63. The minimum Gasteiger partial charge on any atom is -0.461 e. The lowest BCUT2D eigenvalue weighted by Gasteiger charge is -2.00. The molecule has 0 aliphatic rings. The molecule has 1 aromatic heterocycles. The molecule has 0 atom stereocenters. The first-order valence-electron chi connectivity index (χ1n) is 4.38. The summed E-state index contributed by atoms with van der Waals surface area (Å²) in [6.45, 7) is 2.56. The van der Waals surface area contributed by atoms with Crippen LogP contribution in [0.4, 0.5) is 0 Å². The zero-order valence-corrected chi connectivity index (χ0v) is 8.28. The molecule has 0 bridgehead atoms. The van der Waals surface area contributed by atoms with Gasteiger partial charge in [-0.25, -0.2) is 9.78 Å². The summed E-state index contributed by atoms with van der Waals surface area (Å²) in [4.78, 5) is 15.1. The molecular weight excluding hydrogens is 186 g/mol. The van der Waals surface area contributed by atoms with E-state index in [9.17, 15) is 4.79 Å². The minimum atomic E-state index is -0.452. The third kappa shape index (κ3) is 2.56. The quantitative estimate of drug-likeness (QED) is 0.663. The van der Waals surface area contributed by atoms with Gasteiger partial charge in [0.1, 0.15) is 5.76 Å². The van der Waals surface area contributed by atoms with Gasteiger partial charge >= 0.3 is 5.97 Å². The van der Waals surface area contributed by atoms with Crippen molar-refractivity contribution in [3.63, 3.8) is 0 Å². The van der Waals surface area contributed by atoms with Crippen LogP contribution >= 0.6 is 0 Å². The standard InChI is InChI=1S/C9H13NO4/c1-3-13-9(11)8-7(4-5-12-2)14-6-10-8/h6H,3-5H2,1-2H3. The summed E-state index contributed by atoms with van der Waals surface area (Å²) in [6.07, 6.45) is 1.75. The molecule has 14 heavy (non-hydrogen) atoms. The Kier molecular flexibility index (Phi) is 4.12. The molecule has 0 aliphatic carbocycles. The highest BCUT2D eigenvalue weighted by molar-refractivity contribution is 5.88. The molecule has 78 valence electrons. The Balaban J connectivity index is 2.66. The fraction of sp³-hybridized carbons (Fsp3) is 0.556. The van der Waals surface area contributed by atoms with Gasteiger partial charge in [0.2, 0.25) is 0 Å². The number of oxazole rings is 1. The Morgan fingerprint density at radius 1 is 1.64 bits per heavy atom. The third-order valence-electron chi connectivity index (χ3n) is 1.64. The molecule has 5 heteroatoms. The summed E-state index contributed by atoms with van der Waals surface area (Å²) in [5, 5.41) is 0. The number of hydrogen-bond acceptors (Lipinski definition) is 5. The zero-order chi connectivity index (χ0) is 10.4. The number of ether oxygens (including phenoxy) is 2. The van der Waals surface area contributed by atoms with Crippen LogP contribution in [-0.4, -0.2) is 31.3 Å². The second-order valence-electron chi connectivity index (χ2n) is 2.59. The van der Waals surface area contributed by atoms with E-state index in [1.807, 2.05) is 0 Å². The van der Waals surface area contributed by atoms with Gasteiger partial charge in [-0.3, -0.25) is 0 Å². The van der Waals surface area contributed by atoms with Crippen LogP contribution in [0.1, 0.15) is 23.2 Å². The molecule has 0 amide bonds. The van der Waals surface area contributed by atoms with Gasteiger partial charge in [-0.1, -0.05) is 0 Å². The number of methoxy groups -OCH3 is 1. The molecule has 1 rings (SSSR count). The highest BCUT2D eigenvalue weighted by Gasteiger charge is 2.16. The molecule has 0 radical (unpaired) electrons. The highest BCUT2D eigenvalue weighted by Crippen LogP contribution is 2.09. The molecular formula is C9H13NO4. The lowest BCUT2D eigenvalue weighted by molar-refractivity contribution is 0.0517. The van der Waals surface area contributed by atoms with Crippen molar-refractivity contribution in [2.45, 2.75) is 13.3 Å². The summed E-state index contributed by atoms with van der Waals surface area (Å²) in [6, 6.07) is 0.